The first-order valence-electron chi connectivity index (χ1n) is 5.65. The van der Waals surface area contributed by atoms with E-state index in [0.717, 1.165) is 5.69 Å². The second-order valence-electron chi connectivity index (χ2n) is 4.13. The van der Waals surface area contributed by atoms with Gasteiger partial charge in [-0.3, -0.25) is 4.68 Å². The summed E-state index contributed by atoms with van der Waals surface area (Å²) in [7, 11) is 1.82. The Morgan fingerprint density at radius 2 is 2.22 bits per heavy atom. The van der Waals surface area contributed by atoms with E-state index in [2.05, 4.69) is 5.10 Å². The average Bonchev–Trinajstić information content (AvgIpc) is 2.73. The van der Waals surface area contributed by atoms with Gasteiger partial charge in [-0.15, -0.1) is 0 Å². The number of benzene rings is 1. The second-order valence-corrected chi connectivity index (χ2v) is 4.13. The summed E-state index contributed by atoms with van der Waals surface area (Å²) in [5.41, 5.74) is 1.21. The summed E-state index contributed by atoms with van der Waals surface area (Å²) in [6.45, 7) is 1.86. The molecule has 1 unspecified atom stereocenters. The van der Waals surface area contributed by atoms with E-state index in [9.17, 15) is 9.50 Å². The van der Waals surface area contributed by atoms with Crippen LogP contribution in [0.3, 0.4) is 0 Å². The number of rotatable bonds is 4. The molecule has 1 aromatic carbocycles. The summed E-state index contributed by atoms with van der Waals surface area (Å²) in [5, 5.41) is 13.7. The smallest absolute Gasteiger partial charge is 0.132 e. The van der Waals surface area contributed by atoms with Crippen molar-refractivity contribution in [1.82, 2.24) is 9.78 Å². The van der Waals surface area contributed by atoms with Crippen molar-refractivity contribution in [2.24, 2.45) is 7.05 Å². The number of aromatic nitrogens is 2. The van der Waals surface area contributed by atoms with Crippen LogP contribution in [-0.4, -0.2) is 14.9 Å². The number of hydrogen-bond acceptors (Lipinski definition) is 3. The van der Waals surface area contributed by atoms with E-state index < -0.39 is 11.9 Å². The Bertz CT molecular complexity index is 538. The Kier molecular flexibility index (Phi) is 3.62. The van der Waals surface area contributed by atoms with Gasteiger partial charge in [-0.1, -0.05) is 0 Å². The SMILES string of the molecule is CC(O)c1cc(F)ccc1OCc1ccn(C)n1. The lowest BCUT2D eigenvalue weighted by atomic mass is 10.1. The van der Waals surface area contributed by atoms with Crippen LogP contribution in [0.2, 0.25) is 0 Å². The fourth-order valence-corrected chi connectivity index (χ4v) is 1.67. The predicted molar refractivity (Wildman–Crippen MR) is 64.6 cm³/mol. The second kappa shape index (κ2) is 5.18. The third-order valence-electron chi connectivity index (χ3n) is 2.57. The zero-order valence-electron chi connectivity index (χ0n) is 10.3. The Morgan fingerprint density at radius 3 is 2.83 bits per heavy atom. The molecular weight excluding hydrogens is 235 g/mol. The number of hydrogen-bond donors (Lipinski definition) is 1. The molecular formula is C13H15FN2O2. The monoisotopic (exact) mass is 250 g/mol. The fraction of sp³-hybridized carbons (Fsp3) is 0.308. The minimum atomic E-state index is -0.778. The molecule has 0 spiro atoms. The van der Waals surface area contributed by atoms with Crippen LogP contribution in [0.5, 0.6) is 5.75 Å². The fourth-order valence-electron chi connectivity index (χ4n) is 1.67. The maximum atomic E-state index is 13.1. The van der Waals surface area contributed by atoms with Crippen LogP contribution in [0.4, 0.5) is 4.39 Å². The molecule has 18 heavy (non-hydrogen) atoms. The van der Waals surface area contributed by atoms with Gasteiger partial charge in [0.2, 0.25) is 0 Å². The van der Waals surface area contributed by atoms with E-state index >= 15 is 0 Å². The van der Waals surface area contributed by atoms with Gasteiger partial charge in [-0.2, -0.15) is 5.10 Å². The van der Waals surface area contributed by atoms with Crippen LogP contribution < -0.4 is 4.74 Å². The Balaban J connectivity index is 2.13. The molecule has 2 rings (SSSR count). The van der Waals surface area contributed by atoms with E-state index in [4.69, 9.17) is 4.74 Å². The molecule has 0 aliphatic rings. The van der Waals surface area contributed by atoms with E-state index in [1.165, 1.54) is 18.2 Å². The van der Waals surface area contributed by atoms with E-state index in [-0.39, 0.29) is 6.61 Å². The Morgan fingerprint density at radius 1 is 1.44 bits per heavy atom. The first-order chi connectivity index (χ1) is 8.56. The normalized spacial score (nSPS) is 12.4. The molecule has 0 saturated heterocycles. The molecule has 0 aliphatic carbocycles. The number of ether oxygens (including phenoxy) is 1. The minimum Gasteiger partial charge on any atom is -0.487 e. The van der Waals surface area contributed by atoms with Crippen LogP contribution in [0.25, 0.3) is 0 Å². The molecule has 0 amide bonds. The zero-order valence-corrected chi connectivity index (χ0v) is 10.3. The molecule has 1 N–H and O–H groups in total. The van der Waals surface area contributed by atoms with Crippen molar-refractivity contribution in [1.29, 1.82) is 0 Å². The van der Waals surface area contributed by atoms with Crippen molar-refractivity contribution in [3.63, 3.8) is 0 Å². The number of halogens is 1. The first kappa shape index (κ1) is 12.6. The maximum absolute atomic E-state index is 13.1. The third kappa shape index (κ3) is 2.87. The van der Waals surface area contributed by atoms with E-state index in [1.54, 1.807) is 11.6 Å². The first-order valence-corrected chi connectivity index (χ1v) is 5.65. The lowest BCUT2D eigenvalue weighted by Gasteiger charge is -2.12. The number of aliphatic hydroxyl groups excluding tert-OH is 1. The molecule has 0 bridgehead atoms. The third-order valence-corrected chi connectivity index (χ3v) is 2.57. The highest BCUT2D eigenvalue weighted by atomic mass is 19.1. The van der Waals surface area contributed by atoms with Crippen molar-refractivity contribution in [3.8, 4) is 5.75 Å². The van der Waals surface area contributed by atoms with Crippen LogP contribution in [0.15, 0.2) is 30.5 Å². The van der Waals surface area contributed by atoms with Gasteiger partial charge in [-0.25, -0.2) is 4.39 Å². The highest BCUT2D eigenvalue weighted by molar-refractivity contribution is 5.35. The van der Waals surface area contributed by atoms with Crippen LogP contribution in [-0.2, 0) is 13.7 Å². The van der Waals surface area contributed by atoms with Crippen LogP contribution in [0, 0.1) is 5.82 Å². The molecule has 0 saturated carbocycles. The van der Waals surface area contributed by atoms with E-state index in [1.807, 2.05) is 19.3 Å². The molecule has 1 aromatic heterocycles. The van der Waals surface area contributed by atoms with Crippen LogP contribution >= 0.6 is 0 Å². The molecule has 1 atom stereocenters. The summed E-state index contributed by atoms with van der Waals surface area (Å²) < 4.78 is 20.3. The maximum Gasteiger partial charge on any atom is 0.132 e. The van der Waals surface area contributed by atoms with Crippen molar-refractivity contribution in [2.75, 3.05) is 0 Å². The Labute approximate surface area is 105 Å². The van der Waals surface area contributed by atoms with Gasteiger partial charge in [0.15, 0.2) is 0 Å². The summed E-state index contributed by atoms with van der Waals surface area (Å²) in [5.74, 6) is 0.0770. The highest BCUT2D eigenvalue weighted by Crippen LogP contribution is 2.26. The highest BCUT2D eigenvalue weighted by Gasteiger charge is 2.11. The van der Waals surface area contributed by atoms with Crippen molar-refractivity contribution < 1.29 is 14.2 Å². The van der Waals surface area contributed by atoms with Gasteiger partial charge in [-0.05, 0) is 31.2 Å². The summed E-state index contributed by atoms with van der Waals surface area (Å²) in [6.07, 6.45) is 1.04. The van der Waals surface area contributed by atoms with Gasteiger partial charge in [0.05, 0.1) is 11.8 Å². The Hall–Kier alpha value is -1.88. The number of aliphatic hydroxyl groups is 1. The van der Waals surface area contributed by atoms with Gasteiger partial charge in [0.1, 0.15) is 18.2 Å². The summed E-state index contributed by atoms with van der Waals surface area (Å²) in [6, 6.07) is 5.93. The summed E-state index contributed by atoms with van der Waals surface area (Å²) in [4.78, 5) is 0. The van der Waals surface area contributed by atoms with Gasteiger partial charge in [0.25, 0.3) is 0 Å². The molecule has 0 aliphatic heterocycles. The van der Waals surface area contributed by atoms with Gasteiger partial charge in [0, 0.05) is 18.8 Å². The lowest BCUT2D eigenvalue weighted by Crippen LogP contribution is -2.02. The lowest BCUT2D eigenvalue weighted by molar-refractivity contribution is 0.189. The van der Waals surface area contributed by atoms with Crippen molar-refractivity contribution in [3.05, 3.63) is 47.5 Å². The molecule has 0 fully saturated rings. The summed E-state index contributed by atoms with van der Waals surface area (Å²) >= 11 is 0. The van der Waals surface area contributed by atoms with Crippen molar-refractivity contribution >= 4 is 0 Å². The molecule has 2 aromatic rings. The average molecular weight is 250 g/mol. The van der Waals surface area contributed by atoms with E-state index in [0.29, 0.717) is 11.3 Å². The van der Waals surface area contributed by atoms with Gasteiger partial charge < -0.3 is 9.84 Å². The zero-order chi connectivity index (χ0) is 13.1. The standard InChI is InChI=1S/C13H15FN2O2/c1-9(17)12-7-10(14)3-4-13(12)18-8-11-5-6-16(2)15-11/h3-7,9,17H,8H2,1-2H3. The van der Waals surface area contributed by atoms with Gasteiger partial charge >= 0.3 is 0 Å². The number of aryl methyl sites for hydroxylation is 1. The molecule has 4 nitrogen and oxygen atoms in total. The quantitative estimate of drug-likeness (QED) is 0.904. The van der Waals surface area contributed by atoms with Crippen molar-refractivity contribution in [2.45, 2.75) is 19.6 Å². The minimum absolute atomic E-state index is 0.284. The topological polar surface area (TPSA) is 47.3 Å². The largest absolute Gasteiger partial charge is 0.487 e. The molecule has 0 radical (unpaired) electrons. The molecule has 1 heterocycles. The molecule has 96 valence electrons. The van der Waals surface area contributed by atoms with Crippen LogP contribution in [0.1, 0.15) is 24.3 Å². The predicted octanol–water partition coefficient (Wildman–Crippen LogP) is 2.19. The molecule has 5 heteroatoms. The number of nitrogens with zero attached hydrogens (tertiary/aromatic N) is 2.